The molecule has 0 bridgehead atoms. The molecule has 0 aliphatic carbocycles. The molecule has 0 aliphatic rings. The summed E-state index contributed by atoms with van der Waals surface area (Å²) in [6.45, 7) is -0.0352. The Morgan fingerprint density at radius 1 is 1.29 bits per heavy atom. The monoisotopic (exact) mass is 241 g/mol. The summed E-state index contributed by atoms with van der Waals surface area (Å²) < 4.78 is 15.4. The quantitative estimate of drug-likeness (QED) is 0.741. The van der Waals surface area contributed by atoms with E-state index in [0.29, 0.717) is 17.2 Å². The van der Waals surface area contributed by atoms with Crippen LogP contribution < -0.4 is 19.9 Å². The molecule has 0 unspecified atom stereocenters. The van der Waals surface area contributed by atoms with E-state index in [4.69, 9.17) is 25.1 Å². The zero-order valence-corrected chi connectivity index (χ0v) is 9.73. The second kappa shape index (κ2) is 5.95. The number of benzene rings is 1. The number of ether oxygens (including phenoxy) is 3. The second-order valence-corrected chi connectivity index (χ2v) is 3.15. The Morgan fingerprint density at radius 2 is 1.82 bits per heavy atom. The van der Waals surface area contributed by atoms with Crippen LogP contribution in [0.4, 0.5) is 0 Å². The number of carbonyl (C=O) groups is 1. The number of nitrogens with two attached hydrogens (primary N) is 1. The van der Waals surface area contributed by atoms with Gasteiger partial charge in [-0.25, -0.2) is 0 Å². The van der Waals surface area contributed by atoms with Crippen LogP contribution in [0.3, 0.4) is 0 Å². The van der Waals surface area contributed by atoms with Gasteiger partial charge in [0.2, 0.25) is 11.7 Å². The zero-order chi connectivity index (χ0) is 12.8. The van der Waals surface area contributed by atoms with Gasteiger partial charge >= 0.3 is 0 Å². The van der Waals surface area contributed by atoms with Gasteiger partial charge in [0.1, 0.15) is 6.61 Å². The maximum atomic E-state index is 11.1. The summed E-state index contributed by atoms with van der Waals surface area (Å²) in [5, 5.41) is 8.72. The highest BCUT2D eigenvalue weighted by atomic mass is 16.5. The SMILES string of the molecule is COc1cc(C(N)=O)cc(OC)c1OCCO. The molecule has 0 heterocycles. The van der Waals surface area contributed by atoms with Gasteiger partial charge in [0.05, 0.1) is 20.8 Å². The lowest BCUT2D eigenvalue weighted by Crippen LogP contribution is -2.12. The van der Waals surface area contributed by atoms with E-state index in [-0.39, 0.29) is 18.8 Å². The lowest BCUT2D eigenvalue weighted by molar-refractivity contribution is 0.0999. The van der Waals surface area contributed by atoms with Crippen LogP contribution in [0.15, 0.2) is 12.1 Å². The van der Waals surface area contributed by atoms with Crippen molar-refractivity contribution in [2.24, 2.45) is 5.73 Å². The average molecular weight is 241 g/mol. The highest BCUT2D eigenvalue weighted by molar-refractivity contribution is 5.94. The largest absolute Gasteiger partial charge is 0.493 e. The molecule has 1 aromatic rings. The third kappa shape index (κ3) is 3.01. The van der Waals surface area contributed by atoms with Crippen LogP contribution in [-0.2, 0) is 0 Å². The Balaban J connectivity index is 3.21. The van der Waals surface area contributed by atoms with Gasteiger partial charge in [0.25, 0.3) is 0 Å². The Bertz CT molecular complexity index is 380. The molecule has 0 radical (unpaired) electrons. The van der Waals surface area contributed by atoms with Crippen LogP contribution in [0.1, 0.15) is 10.4 Å². The van der Waals surface area contributed by atoms with Crippen LogP contribution in [0.2, 0.25) is 0 Å². The maximum Gasteiger partial charge on any atom is 0.248 e. The molecule has 0 atom stereocenters. The van der Waals surface area contributed by atoms with Crippen LogP contribution in [0, 0.1) is 0 Å². The molecule has 0 aliphatic heterocycles. The van der Waals surface area contributed by atoms with Crippen molar-refractivity contribution < 1.29 is 24.1 Å². The number of rotatable bonds is 6. The summed E-state index contributed by atoms with van der Waals surface area (Å²) >= 11 is 0. The minimum atomic E-state index is -0.588. The molecule has 0 saturated heterocycles. The van der Waals surface area contributed by atoms with E-state index in [9.17, 15) is 4.79 Å². The Kier molecular flexibility index (Phi) is 4.59. The molecule has 94 valence electrons. The topological polar surface area (TPSA) is 91.0 Å². The molecule has 1 amide bonds. The summed E-state index contributed by atoms with van der Waals surface area (Å²) in [5.74, 6) is 0.391. The molecular formula is C11H15NO5. The smallest absolute Gasteiger partial charge is 0.248 e. The van der Waals surface area contributed by atoms with Crippen LogP contribution in [0.5, 0.6) is 17.2 Å². The summed E-state index contributed by atoms with van der Waals surface area (Å²) in [6.07, 6.45) is 0. The Morgan fingerprint density at radius 3 is 2.18 bits per heavy atom. The molecule has 1 rings (SSSR count). The minimum absolute atomic E-state index is 0.0998. The molecule has 3 N–H and O–H groups in total. The van der Waals surface area contributed by atoms with Gasteiger partial charge in [-0.15, -0.1) is 0 Å². The number of amides is 1. The van der Waals surface area contributed by atoms with Gasteiger partial charge in [-0.05, 0) is 12.1 Å². The fourth-order valence-corrected chi connectivity index (χ4v) is 1.31. The van der Waals surface area contributed by atoms with Gasteiger partial charge in [0.15, 0.2) is 11.5 Å². The number of primary amides is 1. The van der Waals surface area contributed by atoms with E-state index in [1.807, 2.05) is 0 Å². The number of hydrogen-bond acceptors (Lipinski definition) is 5. The van der Waals surface area contributed by atoms with E-state index in [1.54, 1.807) is 0 Å². The van der Waals surface area contributed by atoms with Crippen molar-refractivity contribution in [1.82, 2.24) is 0 Å². The Hall–Kier alpha value is -1.95. The highest BCUT2D eigenvalue weighted by Gasteiger charge is 2.16. The van der Waals surface area contributed by atoms with Crippen molar-refractivity contribution in [1.29, 1.82) is 0 Å². The van der Waals surface area contributed by atoms with Crippen molar-refractivity contribution in [3.05, 3.63) is 17.7 Å². The van der Waals surface area contributed by atoms with Crippen LogP contribution >= 0.6 is 0 Å². The molecule has 6 nitrogen and oxygen atoms in total. The first-order chi connectivity index (χ1) is 8.13. The molecule has 17 heavy (non-hydrogen) atoms. The lowest BCUT2D eigenvalue weighted by Gasteiger charge is -2.14. The summed E-state index contributed by atoms with van der Waals surface area (Å²) in [7, 11) is 2.87. The van der Waals surface area contributed by atoms with Crippen molar-refractivity contribution in [2.45, 2.75) is 0 Å². The van der Waals surface area contributed by atoms with Crippen molar-refractivity contribution >= 4 is 5.91 Å². The van der Waals surface area contributed by atoms with E-state index in [2.05, 4.69) is 0 Å². The average Bonchev–Trinajstić information content (AvgIpc) is 2.34. The summed E-state index contributed by atoms with van der Waals surface area (Å²) in [6, 6.07) is 2.91. The first-order valence-electron chi connectivity index (χ1n) is 4.93. The summed E-state index contributed by atoms with van der Waals surface area (Å²) in [4.78, 5) is 11.1. The standard InChI is InChI=1S/C11H15NO5/c1-15-8-5-7(11(12)14)6-9(16-2)10(8)17-4-3-13/h5-6,13H,3-4H2,1-2H3,(H2,12,14). The van der Waals surface area contributed by atoms with Crippen LogP contribution in [-0.4, -0.2) is 38.4 Å². The van der Waals surface area contributed by atoms with Gasteiger partial charge in [-0.2, -0.15) is 0 Å². The predicted octanol–water partition coefficient (Wildman–Crippen LogP) is 0.174. The molecule has 6 heteroatoms. The zero-order valence-electron chi connectivity index (χ0n) is 9.73. The number of carbonyl (C=O) groups excluding carboxylic acids is 1. The first kappa shape index (κ1) is 13.1. The number of aliphatic hydroxyl groups excluding tert-OH is 1. The van der Waals surface area contributed by atoms with Gasteiger partial charge in [0, 0.05) is 5.56 Å². The predicted molar refractivity (Wildman–Crippen MR) is 60.6 cm³/mol. The number of aliphatic hydroxyl groups is 1. The van der Waals surface area contributed by atoms with E-state index in [1.165, 1.54) is 26.4 Å². The lowest BCUT2D eigenvalue weighted by atomic mass is 10.1. The van der Waals surface area contributed by atoms with Gasteiger partial charge in [-0.3, -0.25) is 4.79 Å². The Labute approximate surface area is 98.9 Å². The van der Waals surface area contributed by atoms with Crippen molar-refractivity contribution in [3.63, 3.8) is 0 Å². The van der Waals surface area contributed by atoms with Gasteiger partial charge in [-0.1, -0.05) is 0 Å². The first-order valence-corrected chi connectivity index (χ1v) is 4.93. The van der Waals surface area contributed by atoms with E-state index < -0.39 is 5.91 Å². The second-order valence-electron chi connectivity index (χ2n) is 3.15. The maximum absolute atomic E-state index is 11.1. The fraction of sp³-hybridized carbons (Fsp3) is 0.364. The normalized spacial score (nSPS) is 9.82. The molecule has 1 aromatic carbocycles. The minimum Gasteiger partial charge on any atom is -0.493 e. The van der Waals surface area contributed by atoms with Gasteiger partial charge < -0.3 is 25.1 Å². The van der Waals surface area contributed by atoms with Crippen molar-refractivity contribution in [2.75, 3.05) is 27.4 Å². The molecule has 0 aromatic heterocycles. The molecule has 0 fully saturated rings. The van der Waals surface area contributed by atoms with Crippen LogP contribution in [0.25, 0.3) is 0 Å². The third-order valence-electron chi connectivity index (χ3n) is 2.08. The highest BCUT2D eigenvalue weighted by Crippen LogP contribution is 2.38. The van der Waals surface area contributed by atoms with E-state index >= 15 is 0 Å². The molecular weight excluding hydrogens is 226 g/mol. The third-order valence-corrected chi connectivity index (χ3v) is 2.08. The number of methoxy groups -OCH3 is 2. The fourth-order valence-electron chi connectivity index (χ4n) is 1.31. The molecule has 0 spiro atoms. The summed E-state index contributed by atoms with van der Waals surface area (Å²) in [5.41, 5.74) is 5.44. The number of hydrogen-bond donors (Lipinski definition) is 2. The van der Waals surface area contributed by atoms with E-state index in [0.717, 1.165) is 0 Å². The molecule has 0 saturated carbocycles. The van der Waals surface area contributed by atoms with Crippen molar-refractivity contribution in [3.8, 4) is 17.2 Å².